The summed E-state index contributed by atoms with van der Waals surface area (Å²) in [6.45, 7) is 14.8. The lowest BCUT2D eigenvalue weighted by molar-refractivity contribution is -0.192. The van der Waals surface area contributed by atoms with Gasteiger partial charge in [0.15, 0.2) is 5.82 Å². The van der Waals surface area contributed by atoms with Gasteiger partial charge in [0.2, 0.25) is 11.9 Å². The summed E-state index contributed by atoms with van der Waals surface area (Å²) in [5.41, 5.74) is 4.18. The van der Waals surface area contributed by atoms with E-state index in [2.05, 4.69) is 19.9 Å². The first kappa shape index (κ1) is 41.6. The summed E-state index contributed by atoms with van der Waals surface area (Å²) in [6, 6.07) is 6.60. The molecule has 0 unspecified atom stereocenters. The first-order valence-electron chi connectivity index (χ1n) is 15.2. The molecule has 4 heterocycles. The maximum Gasteiger partial charge on any atom is 0.490 e. The van der Waals surface area contributed by atoms with Crippen molar-refractivity contribution in [3.05, 3.63) is 23.5 Å². The van der Waals surface area contributed by atoms with Crippen molar-refractivity contribution in [1.82, 2.24) is 19.9 Å². The third-order valence-electron chi connectivity index (χ3n) is 5.88. The van der Waals surface area contributed by atoms with Crippen molar-refractivity contribution < 1.29 is 51.6 Å². The molecule has 0 radical (unpaired) electrons. The van der Waals surface area contributed by atoms with Gasteiger partial charge in [-0.2, -0.15) is 38.6 Å². The maximum atomic E-state index is 12.8. The van der Waals surface area contributed by atoms with Gasteiger partial charge in [0.25, 0.3) is 0 Å². The molecule has 2 aliphatic heterocycles. The highest BCUT2D eigenvalue weighted by Crippen LogP contribution is 2.23. The number of carboxylic acids is 1. The number of aromatic nitrogens is 4. The average Bonchev–Trinajstić information content (AvgIpc) is 3.03. The number of nitrogens with two attached hydrogens (primary N) is 1. The van der Waals surface area contributed by atoms with Crippen LogP contribution in [0.5, 0.6) is 0 Å². The first-order valence-corrected chi connectivity index (χ1v) is 15.2. The molecule has 0 aliphatic carbocycles. The summed E-state index contributed by atoms with van der Waals surface area (Å²) < 4.78 is 53.0. The summed E-state index contributed by atoms with van der Waals surface area (Å²) >= 11 is 0. The predicted molar refractivity (Wildman–Crippen MR) is 173 cm³/mol. The second kappa shape index (κ2) is 17.9. The highest BCUT2D eigenvalue weighted by atomic mass is 19.4. The fraction of sp³-hybridized carbons (Fsp3) is 0.567. The molecule has 2 fully saturated rings. The van der Waals surface area contributed by atoms with E-state index in [9.17, 15) is 28.0 Å². The van der Waals surface area contributed by atoms with Crippen molar-refractivity contribution in [3.63, 3.8) is 0 Å². The molecule has 2 aromatic heterocycles. The number of nitriles is 2. The molecule has 278 valence electrons. The van der Waals surface area contributed by atoms with Gasteiger partial charge in [-0.15, -0.1) is 0 Å². The average molecular weight is 725 g/mol. The number of hydrogen-bond acceptors (Lipinski definition) is 16. The Labute approximate surface area is 291 Å². The number of morpholine rings is 2. The smallest absolute Gasteiger partial charge is 0.475 e. The second-order valence-electron chi connectivity index (χ2n) is 12.4. The number of ether oxygens (including phenoxy) is 4. The van der Waals surface area contributed by atoms with Gasteiger partial charge >= 0.3 is 24.3 Å². The van der Waals surface area contributed by atoms with E-state index in [4.69, 9.17) is 39.8 Å². The minimum absolute atomic E-state index is 0.00797. The number of amides is 2. The van der Waals surface area contributed by atoms with E-state index in [1.165, 1.54) is 12.1 Å². The Bertz CT molecular complexity index is 1580. The monoisotopic (exact) mass is 724 g/mol. The molecule has 2 aromatic rings. The summed E-state index contributed by atoms with van der Waals surface area (Å²) in [5.74, 6) is -1.80. The number of halogens is 3. The SMILES string of the molecule is CC(C)(C)OC(=O)N(C(=O)OC(C)(C)C)c1cc(C#N)nc(N2CCOCC2)n1.N#Cc1cc(N)nc(N2CCOCC2)n1.O=C(O)C(F)(F)F. The number of anilines is 4. The second-order valence-corrected chi connectivity index (χ2v) is 12.4. The number of aliphatic carboxylic acids is 1. The molecule has 21 heteroatoms. The molecule has 0 atom stereocenters. The Morgan fingerprint density at radius 1 is 0.784 bits per heavy atom. The van der Waals surface area contributed by atoms with Crippen LogP contribution in [0.25, 0.3) is 0 Å². The topological polar surface area (TPSA) is 243 Å². The van der Waals surface area contributed by atoms with Crippen LogP contribution in [0.15, 0.2) is 12.1 Å². The Kier molecular flexibility index (Phi) is 14.6. The van der Waals surface area contributed by atoms with Crippen LogP contribution in [0, 0.1) is 22.7 Å². The van der Waals surface area contributed by atoms with Gasteiger partial charge < -0.3 is 39.6 Å². The minimum Gasteiger partial charge on any atom is -0.475 e. The van der Waals surface area contributed by atoms with Crippen LogP contribution in [0.3, 0.4) is 0 Å². The third kappa shape index (κ3) is 14.5. The van der Waals surface area contributed by atoms with E-state index in [0.717, 1.165) is 13.1 Å². The van der Waals surface area contributed by atoms with E-state index in [1.54, 1.807) is 41.5 Å². The fourth-order valence-corrected chi connectivity index (χ4v) is 3.79. The van der Waals surface area contributed by atoms with Crippen LogP contribution >= 0.6 is 0 Å². The lowest BCUT2D eigenvalue weighted by Crippen LogP contribution is -2.44. The molecule has 2 amide bonds. The Hall–Kier alpha value is -5.54. The van der Waals surface area contributed by atoms with Crippen LogP contribution in [-0.4, -0.2) is 113 Å². The van der Waals surface area contributed by atoms with Crippen molar-refractivity contribution in [2.45, 2.75) is 58.9 Å². The quantitative estimate of drug-likeness (QED) is 0.461. The molecular formula is C30H39F3N10O8. The number of rotatable bonds is 3. The number of imide groups is 1. The van der Waals surface area contributed by atoms with Crippen LogP contribution in [0.2, 0.25) is 0 Å². The van der Waals surface area contributed by atoms with Crippen molar-refractivity contribution in [1.29, 1.82) is 10.5 Å². The van der Waals surface area contributed by atoms with Gasteiger partial charge in [-0.3, -0.25) is 0 Å². The zero-order valence-corrected chi connectivity index (χ0v) is 28.9. The fourth-order valence-electron chi connectivity index (χ4n) is 3.79. The molecule has 3 N–H and O–H groups in total. The largest absolute Gasteiger partial charge is 0.490 e. The third-order valence-corrected chi connectivity index (χ3v) is 5.88. The standard InChI is InChI=1S/C19H27N5O5.C9H11N5O.C2HF3O2/c1-18(2,3)28-16(25)24(17(26)29-19(4,5)6)14-11-13(12-20)21-15(22-14)23-7-9-27-10-8-23;10-6-7-5-8(11)13-9(12-7)14-1-3-15-4-2-14;3-2(4,5)1(6)7/h11H,7-10H2,1-6H3;5H,1-4H2,(H2,11,12,13);(H,6,7). The molecule has 2 aliphatic rings. The molecule has 2 saturated heterocycles. The maximum absolute atomic E-state index is 12.8. The van der Waals surface area contributed by atoms with Crippen LogP contribution < -0.4 is 20.4 Å². The first-order chi connectivity index (χ1) is 23.6. The highest BCUT2D eigenvalue weighted by molar-refractivity contribution is 6.08. The van der Waals surface area contributed by atoms with E-state index in [1.807, 2.05) is 21.9 Å². The number of alkyl halides is 3. The number of carboxylic acid groups (broad SMARTS) is 1. The Morgan fingerprint density at radius 3 is 1.51 bits per heavy atom. The van der Waals surface area contributed by atoms with Crippen LogP contribution in [0.4, 0.5) is 46.3 Å². The van der Waals surface area contributed by atoms with Crippen molar-refractivity contribution in [2.75, 3.05) is 73.0 Å². The molecule has 4 rings (SSSR count). The van der Waals surface area contributed by atoms with Gasteiger partial charge in [0.1, 0.15) is 40.5 Å². The van der Waals surface area contributed by atoms with Crippen LogP contribution in [0.1, 0.15) is 52.9 Å². The van der Waals surface area contributed by atoms with E-state index in [0.29, 0.717) is 61.9 Å². The molecule has 51 heavy (non-hydrogen) atoms. The zero-order valence-electron chi connectivity index (χ0n) is 28.9. The summed E-state index contributed by atoms with van der Waals surface area (Å²) in [6.07, 6.45) is -7.00. The molecule has 0 aromatic carbocycles. The minimum atomic E-state index is -5.08. The Morgan fingerprint density at radius 2 is 1.16 bits per heavy atom. The molecular weight excluding hydrogens is 685 g/mol. The summed E-state index contributed by atoms with van der Waals surface area (Å²) in [7, 11) is 0. The molecule has 18 nitrogen and oxygen atoms in total. The van der Waals surface area contributed by atoms with Crippen molar-refractivity contribution >= 4 is 41.7 Å². The number of nitrogen functional groups attached to an aromatic ring is 1. The number of nitrogens with zero attached hydrogens (tertiary/aromatic N) is 9. The van der Waals surface area contributed by atoms with Gasteiger partial charge in [-0.05, 0) is 41.5 Å². The molecule has 0 saturated carbocycles. The number of carbonyl (C=O) groups excluding carboxylic acids is 2. The van der Waals surface area contributed by atoms with E-state index >= 15 is 0 Å². The Balaban J connectivity index is 0.000000337. The van der Waals surface area contributed by atoms with Crippen molar-refractivity contribution in [2.24, 2.45) is 0 Å². The van der Waals surface area contributed by atoms with E-state index in [-0.39, 0.29) is 17.5 Å². The summed E-state index contributed by atoms with van der Waals surface area (Å²) in [4.78, 5) is 55.7. The molecule has 0 spiro atoms. The lowest BCUT2D eigenvalue weighted by Gasteiger charge is -2.30. The number of carbonyl (C=O) groups is 3. The summed E-state index contributed by atoms with van der Waals surface area (Å²) in [5, 5.41) is 25.3. The predicted octanol–water partition coefficient (Wildman–Crippen LogP) is 3.26. The van der Waals surface area contributed by atoms with Crippen molar-refractivity contribution in [3.8, 4) is 12.1 Å². The van der Waals surface area contributed by atoms with Gasteiger partial charge in [-0.1, -0.05) is 0 Å². The zero-order chi connectivity index (χ0) is 38.6. The van der Waals surface area contributed by atoms with E-state index < -0.39 is 35.5 Å². The van der Waals surface area contributed by atoms with Gasteiger partial charge in [0.05, 0.1) is 26.4 Å². The van der Waals surface area contributed by atoms with Crippen LogP contribution in [-0.2, 0) is 23.7 Å². The van der Waals surface area contributed by atoms with Gasteiger partial charge in [-0.25, -0.2) is 24.4 Å². The highest BCUT2D eigenvalue weighted by Gasteiger charge is 2.38. The molecule has 0 bridgehead atoms. The number of hydrogen-bond donors (Lipinski definition) is 2. The van der Waals surface area contributed by atoms with Gasteiger partial charge in [0, 0.05) is 38.3 Å². The normalized spacial score (nSPS) is 14.6. The lowest BCUT2D eigenvalue weighted by atomic mass is 10.2.